The molecule has 4 rings (SSSR count). The van der Waals surface area contributed by atoms with E-state index in [1.54, 1.807) is 4.90 Å². The standard InChI is InChI=1S/C23H23ClN4OS/c1-14-6-5-7-18(12-14)22(29)27(10-11-28-16(3)13-15(2)26-28)23-25-21-17(4)19(24)8-9-20(21)30-23/h5-9,12-13H,10-11H2,1-4H3. The fourth-order valence-electron chi connectivity index (χ4n) is 3.52. The van der Waals surface area contributed by atoms with Crippen molar-refractivity contribution in [3.63, 3.8) is 0 Å². The van der Waals surface area contributed by atoms with Gasteiger partial charge in [-0.25, -0.2) is 4.98 Å². The minimum Gasteiger partial charge on any atom is -0.282 e. The second-order valence-electron chi connectivity index (χ2n) is 7.49. The lowest BCUT2D eigenvalue weighted by atomic mass is 10.1. The minimum atomic E-state index is -0.0666. The number of rotatable bonds is 5. The topological polar surface area (TPSA) is 51.0 Å². The van der Waals surface area contributed by atoms with Gasteiger partial charge in [0, 0.05) is 22.8 Å². The SMILES string of the molecule is Cc1cccc(C(=O)N(CCn2nc(C)cc2C)c2nc3c(C)c(Cl)ccc3s2)c1. The van der Waals surface area contributed by atoms with Crippen molar-refractivity contribution >= 4 is 44.2 Å². The average molecular weight is 439 g/mol. The van der Waals surface area contributed by atoms with Gasteiger partial charge in [0.2, 0.25) is 0 Å². The van der Waals surface area contributed by atoms with E-state index >= 15 is 0 Å². The van der Waals surface area contributed by atoms with Crippen LogP contribution in [0.5, 0.6) is 0 Å². The van der Waals surface area contributed by atoms with Crippen LogP contribution in [0.1, 0.15) is 32.9 Å². The van der Waals surface area contributed by atoms with E-state index in [0.717, 1.165) is 32.7 Å². The summed E-state index contributed by atoms with van der Waals surface area (Å²) in [5, 5.41) is 5.88. The molecule has 0 aliphatic carbocycles. The summed E-state index contributed by atoms with van der Waals surface area (Å²) in [6, 6.07) is 13.5. The summed E-state index contributed by atoms with van der Waals surface area (Å²) < 4.78 is 2.95. The summed E-state index contributed by atoms with van der Waals surface area (Å²) >= 11 is 7.79. The van der Waals surface area contributed by atoms with E-state index in [-0.39, 0.29) is 5.91 Å². The Morgan fingerprint density at radius 2 is 1.93 bits per heavy atom. The summed E-state index contributed by atoms with van der Waals surface area (Å²) in [6.45, 7) is 9.00. The first-order valence-electron chi connectivity index (χ1n) is 9.78. The molecule has 1 amide bonds. The van der Waals surface area contributed by atoms with E-state index in [2.05, 4.69) is 5.10 Å². The molecular weight excluding hydrogens is 416 g/mol. The Morgan fingerprint density at radius 3 is 2.63 bits per heavy atom. The molecule has 4 aromatic rings. The molecule has 2 aromatic heterocycles. The van der Waals surface area contributed by atoms with Crippen molar-refractivity contribution in [2.45, 2.75) is 34.2 Å². The molecule has 0 aliphatic heterocycles. The lowest BCUT2D eigenvalue weighted by Gasteiger charge is -2.20. The molecule has 0 N–H and O–H groups in total. The van der Waals surface area contributed by atoms with E-state index in [4.69, 9.17) is 16.6 Å². The quantitative estimate of drug-likeness (QED) is 0.400. The van der Waals surface area contributed by atoms with Crippen molar-refractivity contribution < 1.29 is 4.79 Å². The number of amides is 1. The first-order chi connectivity index (χ1) is 14.3. The van der Waals surface area contributed by atoms with Gasteiger partial charge in [0.25, 0.3) is 5.91 Å². The van der Waals surface area contributed by atoms with Crippen molar-refractivity contribution in [3.05, 3.63) is 75.6 Å². The number of fused-ring (bicyclic) bond motifs is 1. The van der Waals surface area contributed by atoms with Crippen molar-refractivity contribution in [1.29, 1.82) is 0 Å². The molecule has 0 saturated carbocycles. The van der Waals surface area contributed by atoms with Crippen LogP contribution >= 0.6 is 22.9 Å². The highest BCUT2D eigenvalue weighted by Crippen LogP contribution is 2.34. The smallest absolute Gasteiger partial charge is 0.260 e. The zero-order valence-corrected chi connectivity index (χ0v) is 19.0. The fraction of sp³-hybridized carbons (Fsp3) is 0.261. The zero-order valence-electron chi connectivity index (χ0n) is 17.4. The van der Waals surface area contributed by atoms with Crippen LogP contribution in [0.2, 0.25) is 5.02 Å². The molecule has 5 nitrogen and oxygen atoms in total. The third-order valence-corrected chi connectivity index (χ3v) is 6.57. The Labute approximate surface area is 184 Å². The Hall–Kier alpha value is -2.70. The summed E-state index contributed by atoms with van der Waals surface area (Å²) in [5.41, 5.74) is 5.51. The van der Waals surface area contributed by atoms with Crippen LogP contribution < -0.4 is 4.90 Å². The van der Waals surface area contributed by atoms with Crippen LogP contribution in [0, 0.1) is 27.7 Å². The molecule has 2 heterocycles. The lowest BCUT2D eigenvalue weighted by molar-refractivity contribution is 0.0985. The van der Waals surface area contributed by atoms with Gasteiger partial charge in [-0.1, -0.05) is 40.6 Å². The molecule has 0 radical (unpaired) electrons. The van der Waals surface area contributed by atoms with Crippen LogP contribution in [-0.2, 0) is 6.54 Å². The fourth-order valence-corrected chi connectivity index (χ4v) is 4.72. The van der Waals surface area contributed by atoms with E-state index in [0.29, 0.717) is 28.8 Å². The van der Waals surface area contributed by atoms with Crippen LogP contribution in [0.4, 0.5) is 5.13 Å². The van der Waals surface area contributed by atoms with E-state index in [1.165, 1.54) is 11.3 Å². The summed E-state index contributed by atoms with van der Waals surface area (Å²) in [4.78, 5) is 20.0. The van der Waals surface area contributed by atoms with Crippen LogP contribution in [0.3, 0.4) is 0 Å². The Morgan fingerprint density at radius 1 is 1.13 bits per heavy atom. The summed E-state index contributed by atoms with van der Waals surface area (Å²) in [6.07, 6.45) is 0. The van der Waals surface area contributed by atoms with Gasteiger partial charge in [-0.3, -0.25) is 14.4 Å². The molecule has 7 heteroatoms. The third kappa shape index (κ3) is 3.98. The van der Waals surface area contributed by atoms with Crippen molar-refractivity contribution in [2.24, 2.45) is 0 Å². The highest BCUT2D eigenvalue weighted by molar-refractivity contribution is 7.22. The molecule has 0 fully saturated rings. The molecule has 30 heavy (non-hydrogen) atoms. The number of carbonyl (C=O) groups excluding carboxylic acids is 1. The Kier molecular flexibility index (Phi) is 5.62. The number of hydrogen-bond acceptors (Lipinski definition) is 4. The number of hydrogen-bond donors (Lipinski definition) is 0. The zero-order chi connectivity index (χ0) is 21.4. The van der Waals surface area contributed by atoms with Crippen molar-refractivity contribution in [3.8, 4) is 0 Å². The highest BCUT2D eigenvalue weighted by Gasteiger charge is 2.22. The average Bonchev–Trinajstić information content (AvgIpc) is 3.28. The first kappa shape index (κ1) is 20.6. The molecule has 0 spiro atoms. The number of halogens is 1. The second kappa shape index (κ2) is 8.20. The Bertz CT molecular complexity index is 1240. The van der Waals surface area contributed by atoms with Crippen LogP contribution in [-0.4, -0.2) is 27.2 Å². The molecule has 0 aliphatic rings. The molecule has 2 aromatic carbocycles. The molecule has 154 valence electrons. The monoisotopic (exact) mass is 438 g/mol. The number of nitrogens with zero attached hydrogens (tertiary/aromatic N) is 4. The number of carbonyl (C=O) groups is 1. The molecule has 0 unspecified atom stereocenters. The van der Waals surface area contributed by atoms with Gasteiger partial charge in [0.15, 0.2) is 5.13 Å². The number of aromatic nitrogens is 3. The maximum atomic E-state index is 13.5. The number of thiazole rings is 1. The molecule has 0 bridgehead atoms. The largest absolute Gasteiger partial charge is 0.282 e. The van der Waals surface area contributed by atoms with E-state index in [9.17, 15) is 4.79 Å². The van der Waals surface area contributed by atoms with Crippen molar-refractivity contribution in [1.82, 2.24) is 14.8 Å². The van der Waals surface area contributed by atoms with Gasteiger partial charge >= 0.3 is 0 Å². The van der Waals surface area contributed by atoms with Gasteiger partial charge in [0.1, 0.15) is 0 Å². The van der Waals surface area contributed by atoms with Gasteiger partial charge in [-0.15, -0.1) is 0 Å². The second-order valence-corrected chi connectivity index (χ2v) is 8.91. The number of benzene rings is 2. The molecular formula is C23H23ClN4OS. The number of aryl methyl sites for hydroxylation is 4. The normalized spacial score (nSPS) is 11.2. The third-order valence-electron chi connectivity index (χ3n) is 5.12. The summed E-state index contributed by atoms with van der Waals surface area (Å²) in [5.74, 6) is -0.0666. The van der Waals surface area contributed by atoms with Crippen LogP contribution in [0.25, 0.3) is 10.2 Å². The van der Waals surface area contributed by atoms with Gasteiger partial charge in [0.05, 0.1) is 22.5 Å². The predicted molar refractivity (Wildman–Crippen MR) is 124 cm³/mol. The molecule has 0 saturated heterocycles. The minimum absolute atomic E-state index is 0.0666. The number of anilines is 1. The maximum absolute atomic E-state index is 13.5. The van der Waals surface area contributed by atoms with Crippen LogP contribution in [0.15, 0.2) is 42.5 Å². The maximum Gasteiger partial charge on any atom is 0.260 e. The molecule has 0 atom stereocenters. The Balaban J connectivity index is 1.73. The van der Waals surface area contributed by atoms with Gasteiger partial charge < -0.3 is 0 Å². The van der Waals surface area contributed by atoms with Gasteiger partial charge in [-0.2, -0.15) is 5.10 Å². The summed E-state index contributed by atoms with van der Waals surface area (Å²) in [7, 11) is 0. The van der Waals surface area contributed by atoms with Gasteiger partial charge in [-0.05, 0) is 63.6 Å². The lowest BCUT2D eigenvalue weighted by Crippen LogP contribution is -2.34. The highest BCUT2D eigenvalue weighted by atomic mass is 35.5. The first-order valence-corrected chi connectivity index (χ1v) is 11.0. The van der Waals surface area contributed by atoms with E-state index < -0.39 is 0 Å². The predicted octanol–water partition coefficient (Wildman–Crippen LogP) is 5.73. The van der Waals surface area contributed by atoms with E-state index in [1.807, 2.05) is 74.8 Å². The van der Waals surface area contributed by atoms with Crippen molar-refractivity contribution in [2.75, 3.05) is 11.4 Å².